The zero-order valence-electron chi connectivity index (χ0n) is 16.3. The number of benzene rings is 1. The van der Waals surface area contributed by atoms with Gasteiger partial charge in [0, 0.05) is 5.41 Å². The van der Waals surface area contributed by atoms with Gasteiger partial charge in [-0.15, -0.1) is 0 Å². The molecule has 3 heterocycles. The molecule has 0 amide bonds. The van der Waals surface area contributed by atoms with Crippen LogP contribution in [0, 0.1) is 11.3 Å². The minimum absolute atomic E-state index is 0.114. The van der Waals surface area contributed by atoms with Gasteiger partial charge in [0.05, 0.1) is 34.3 Å². The molecule has 1 fully saturated rings. The van der Waals surface area contributed by atoms with Crippen molar-refractivity contribution in [2.45, 2.75) is 38.1 Å². The van der Waals surface area contributed by atoms with E-state index in [4.69, 9.17) is 16.1 Å². The quantitative estimate of drug-likeness (QED) is 0.534. The van der Waals surface area contributed by atoms with E-state index in [0.29, 0.717) is 16.9 Å². The predicted octanol–water partition coefficient (Wildman–Crippen LogP) is 2.83. The molecule has 3 aromatic heterocycles. The molecule has 1 atom stereocenters. The summed E-state index contributed by atoms with van der Waals surface area (Å²) in [7, 11) is 0. The van der Waals surface area contributed by atoms with E-state index in [0.717, 1.165) is 12.8 Å². The Labute approximate surface area is 175 Å². The summed E-state index contributed by atoms with van der Waals surface area (Å²) in [6.07, 6.45) is 3.44. The molecule has 5 rings (SSSR count). The number of hydrogen-bond donors (Lipinski definition) is 1. The number of aromatic nitrogens is 5. The molecule has 4 aromatic rings. The lowest BCUT2D eigenvalue weighted by molar-refractivity contribution is 0.239. The first-order valence-corrected chi connectivity index (χ1v) is 9.86. The molecular weight excluding hydrogens is 408 g/mol. The number of nitrogens with zero attached hydrogens (tertiary/aromatic N) is 6. The van der Waals surface area contributed by atoms with Gasteiger partial charge in [-0.05, 0) is 31.9 Å². The van der Waals surface area contributed by atoms with Gasteiger partial charge in [-0.3, -0.25) is 13.8 Å². The first-order chi connectivity index (χ1) is 14.4. The predicted molar refractivity (Wildman–Crippen MR) is 108 cm³/mol. The van der Waals surface area contributed by atoms with E-state index >= 15 is 0 Å². The molecule has 0 saturated heterocycles. The van der Waals surface area contributed by atoms with Crippen LogP contribution in [0.1, 0.15) is 44.2 Å². The molecule has 0 bridgehead atoms. The maximum absolute atomic E-state index is 13.5. The third-order valence-electron chi connectivity index (χ3n) is 5.77. The molecule has 30 heavy (non-hydrogen) atoms. The van der Waals surface area contributed by atoms with Crippen molar-refractivity contribution in [1.82, 2.24) is 24.1 Å². The Hall–Kier alpha value is -3.22. The van der Waals surface area contributed by atoms with Gasteiger partial charge >= 0.3 is 0 Å². The lowest BCUT2D eigenvalue weighted by atomic mass is 10.1. The number of hydrogen-bond acceptors (Lipinski definition) is 7. The molecule has 0 spiro atoms. The summed E-state index contributed by atoms with van der Waals surface area (Å²) >= 11 is 6.22. The summed E-state index contributed by atoms with van der Waals surface area (Å²) in [6.45, 7) is 3.44. The van der Waals surface area contributed by atoms with Crippen molar-refractivity contribution in [1.29, 1.82) is 5.26 Å². The highest BCUT2D eigenvalue weighted by molar-refractivity contribution is 6.32. The monoisotopic (exact) mass is 424 g/mol. The molecule has 9 nitrogen and oxygen atoms in total. The molecule has 1 unspecified atom stereocenters. The minimum atomic E-state index is -0.593. The normalized spacial score (nSPS) is 16.1. The SMILES string of the molecule is CC(CO)n1c(=O)c2c(-c3noc(C4(C)CC4)n3)ncn2c2ccc(Cl)c(C#N)c21. The number of rotatable bonds is 4. The molecule has 152 valence electrons. The van der Waals surface area contributed by atoms with Gasteiger partial charge in [0.1, 0.15) is 23.6 Å². The highest BCUT2D eigenvalue weighted by Gasteiger charge is 2.44. The zero-order valence-corrected chi connectivity index (χ0v) is 17.0. The van der Waals surface area contributed by atoms with Crippen LogP contribution in [0.3, 0.4) is 0 Å². The Kier molecular flexibility index (Phi) is 4.00. The molecular formula is C20H17ClN6O3. The summed E-state index contributed by atoms with van der Waals surface area (Å²) in [6, 6.07) is 4.78. The molecule has 1 N–H and O–H groups in total. The molecule has 10 heteroatoms. The maximum atomic E-state index is 13.5. The Balaban J connectivity index is 1.88. The van der Waals surface area contributed by atoms with E-state index in [2.05, 4.69) is 21.2 Å². The van der Waals surface area contributed by atoms with Crippen molar-refractivity contribution < 1.29 is 9.63 Å². The number of aliphatic hydroxyl groups excluding tert-OH is 1. The van der Waals surface area contributed by atoms with Crippen molar-refractivity contribution in [3.8, 4) is 17.6 Å². The van der Waals surface area contributed by atoms with Gasteiger partial charge in [0.2, 0.25) is 11.7 Å². The first-order valence-electron chi connectivity index (χ1n) is 9.49. The zero-order chi connectivity index (χ0) is 21.2. The number of halogens is 1. The van der Waals surface area contributed by atoms with E-state index in [9.17, 15) is 15.2 Å². The molecule has 1 aliphatic carbocycles. The first kappa shape index (κ1) is 18.8. The average Bonchev–Trinajstić information content (AvgIpc) is 3.14. The van der Waals surface area contributed by atoms with Crippen molar-refractivity contribution in [3.63, 3.8) is 0 Å². The van der Waals surface area contributed by atoms with Gasteiger partial charge in [0.15, 0.2) is 0 Å². The summed E-state index contributed by atoms with van der Waals surface area (Å²) in [4.78, 5) is 22.4. The van der Waals surface area contributed by atoms with Crippen molar-refractivity contribution in [3.05, 3.63) is 45.3 Å². The van der Waals surface area contributed by atoms with E-state index in [1.165, 1.54) is 10.9 Å². The smallest absolute Gasteiger partial charge is 0.278 e. The van der Waals surface area contributed by atoms with E-state index in [1.54, 1.807) is 23.5 Å². The summed E-state index contributed by atoms with van der Waals surface area (Å²) in [5.74, 6) is 0.761. The second-order valence-electron chi connectivity index (χ2n) is 7.90. The van der Waals surface area contributed by atoms with Gasteiger partial charge in [-0.2, -0.15) is 10.2 Å². The lowest BCUT2D eigenvalue weighted by Gasteiger charge is -2.18. The highest BCUT2D eigenvalue weighted by Crippen LogP contribution is 2.47. The fraction of sp³-hybridized carbons (Fsp3) is 0.350. The Morgan fingerprint density at radius 1 is 1.40 bits per heavy atom. The van der Waals surface area contributed by atoms with Crippen LogP contribution in [0.15, 0.2) is 27.8 Å². The van der Waals surface area contributed by atoms with Crippen LogP contribution in [0.4, 0.5) is 0 Å². The van der Waals surface area contributed by atoms with Crippen LogP contribution in [0.25, 0.3) is 28.1 Å². The highest BCUT2D eigenvalue weighted by atomic mass is 35.5. The third kappa shape index (κ3) is 2.51. The standard InChI is InChI=1S/C20H17ClN6O3/c1-10(8-28)27-15-11(7-22)12(21)3-4-13(15)26-9-23-14(16(26)18(27)29)17-24-19(30-25-17)20(2)5-6-20/h3-4,9-10,28H,5-6,8H2,1-2H3. The van der Waals surface area contributed by atoms with Crippen molar-refractivity contribution in [2.75, 3.05) is 6.61 Å². The molecule has 0 aliphatic heterocycles. The third-order valence-corrected chi connectivity index (χ3v) is 6.08. The Bertz CT molecular complexity index is 1420. The van der Waals surface area contributed by atoms with Gasteiger partial charge in [-0.1, -0.05) is 23.7 Å². The van der Waals surface area contributed by atoms with Crippen LogP contribution in [0.5, 0.6) is 0 Å². The fourth-order valence-corrected chi connectivity index (χ4v) is 3.88. The number of aliphatic hydroxyl groups is 1. The van der Waals surface area contributed by atoms with Gasteiger partial charge in [0.25, 0.3) is 5.56 Å². The number of nitriles is 1. The van der Waals surface area contributed by atoms with E-state index < -0.39 is 11.6 Å². The topological polar surface area (TPSA) is 122 Å². The van der Waals surface area contributed by atoms with Crippen LogP contribution in [-0.4, -0.2) is 35.8 Å². The second kappa shape index (κ2) is 6.39. The van der Waals surface area contributed by atoms with Crippen LogP contribution in [0.2, 0.25) is 5.02 Å². The molecule has 1 aromatic carbocycles. The maximum Gasteiger partial charge on any atom is 0.278 e. The average molecular weight is 425 g/mol. The lowest BCUT2D eigenvalue weighted by Crippen LogP contribution is -2.28. The van der Waals surface area contributed by atoms with Gasteiger partial charge in [-0.25, -0.2) is 4.98 Å². The molecule has 0 radical (unpaired) electrons. The summed E-state index contributed by atoms with van der Waals surface area (Å²) < 4.78 is 8.40. The van der Waals surface area contributed by atoms with E-state index in [1.807, 2.05) is 6.92 Å². The fourth-order valence-electron chi connectivity index (χ4n) is 3.68. The number of fused-ring (bicyclic) bond motifs is 3. The van der Waals surface area contributed by atoms with Crippen LogP contribution >= 0.6 is 11.6 Å². The second-order valence-corrected chi connectivity index (χ2v) is 8.31. The Morgan fingerprint density at radius 3 is 2.83 bits per heavy atom. The van der Waals surface area contributed by atoms with Crippen LogP contribution in [-0.2, 0) is 5.41 Å². The largest absolute Gasteiger partial charge is 0.394 e. The Morgan fingerprint density at radius 2 is 2.17 bits per heavy atom. The summed E-state index contributed by atoms with van der Waals surface area (Å²) in [5, 5.41) is 23.7. The van der Waals surface area contributed by atoms with Crippen molar-refractivity contribution >= 4 is 28.2 Å². The number of imidazole rings is 1. The summed E-state index contributed by atoms with van der Waals surface area (Å²) in [5.41, 5.74) is 1.04. The molecule has 1 saturated carbocycles. The van der Waals surface area contributed by atoms with Crippen LogP contribution < -0.4 is 5.56 Å². The minimum Gasteiger partial charge on any atom is -0.394 e. The van der Waals surface area contributed by atoms with E-state index in [-0.39, 0.29) is 39.6 Å². The molecule has 1 aliphatic rings. The van der Waals surface area contributed by atoms with Crippen molar-refractivity contribution in [2.24, 2.45) is 0 Å². The van der Waals surface area contributed by atoms with Gasteiger partial charge < -0.3 is 9.63 Å².